The van der Waals surface area contributed by atoms with Gasteiger partial charge in [-0.1, -0.05) is 60.7 Å². The van der Waals surface area contributed by atoms with Gasteiger partial charge in [-0.05, 0) is 66.9 Å². The van der Waals surface area contributed by atoms with Crippen LogP contribution in [0.15, 0.2) is 66.7 Å². The molecule has 0 radical (unpaired) electrons. The summed E-state index contributed by atoms with van der Waals surface area (Å²) in [6, 6.07) is 18.0. The lowest BCUT2D eigenvalue weighted by Gasteiger charge is -2.39. The summed E-state index contributed by atoms with van der Waals surface area (Å²) in [5, 5.41) is 18.2. The van der Waals surface area contributed by atoms with Gasteiger partial charge in [-0.15, -0.1) is 0 Å². The molecular weight excluding hydrogens is 556 g/mol. The molecule has 2 aliphatic rings. The smallest absolute Gasteiger partial charge is 0.335 e. The van der Waals surface area contributed by atoms with Crippen LogP contribution in [0.1, 0.15) is 53.9 Å². The second-order valence-electron chi connectivity index (χ2n) is 9.97. The summed E-state index contributed by atoms with van der Waals surface area (Å²) in [5.41, 5.74) is 1.64. The number of benzene rings is 3. The van der Waals surface area contributed by atoms with Crippen molar-refractivity contribution in [1.29, 1.82) is 0 Å². The largest absolute Gasteiger partial charge is 0.478 e. The van der Waals surface area contributed by atoms with Crippen LogP contribution in [0.5, 0.6) is 0 Å². The lowest BCUT2D eigenvalue weighted by molar-refractivity contribution is -0.122. The predicted molar refractivity (Wildman–Crippen MR) is 155 cm³/mol. The Morgan fingerprint density at radius 3 is 2.33 bits per heavy atom. The second-order valence-corrected chi connectivity index (χ2v) is 10.8. The number of hydrogen-bond acceptors (Lipinski definition) is 4. The van der Waals surface area contributed by atoms with Crippen molar-refractivity contribution in [2.24, 2.45) is 5.92 Å². The number of carbonyl (C=O) groups is 3. The molecule has 4 N–H and O–H groups in total. The van der Waals surface area contributed by atoms with Crippen LogP contribution in [-0.2, 0) is 9.59 Å². The molecule has 2 atom stereocenters. The fraction of sp³-hybridized carbons (Fsp3) is 0.300. The van der Waals surface area contributed by atoms with Crippen molar-refractivity contribution in [2.75, 3.05) is 17.2 Å². The highest BCUT2D eigenvalue weighted by Crippen LogP contribution is 2.47. The van der Waals surface area contributed by atoms with Gasteiger partial charge in [-0.3, -0.25) is 9.59 Å². The molecule has 1 heterocycles. The summed E-state index contributed by atoms with van der Waals surface area (Å²) in [4.78, 5) is 33.8. The van der Waals surface area contributed by atoms with E-state index in [4.69, 9.17) is 28.3 Å². The van der Waals surface area contributed by atoms with Crippen LogP contribution >= 0.6 is 23.2 Å². The monoisotopic (exact) mass is 585 g/mol. The molecule has 3 aromatic carbocycles. The number of hydrogen-bond donors (Lipinski definition) is 4. The lowest BCUT2D eigenvalue weighted by atomic mass is 9.69. The highest BCUT2D eigenvalue weighted by molar-refractivity contribution is 6.31. The van der Waals surface area contributed by atoms with Crippen LogP contribution in [0.2, 0.25) is 10.0 Å². The van der Waals surface area contributed by atoms with Gasteiger partial charge in [0.25, 0.3) is 0 Å². The number of nitrogens with one attached hydrogen (secondary N) is 3. The topological polar surface area (TPSA) is 108 Å². The summed E-state index contributed by atoms with van der Waals surface area (Å²) in [7, 11) is 0. The first-order valence-corrected chi connectivity index (χ1v) is 13.8. The summed E-state index contributed by atoms with van der Waals surface area (Å²) in [6.45, 7) is 0.560. The fourth-order valence-electron chi connectivity index (χ4n) is 5.69. The Balaban J connectivity index is 0.000000259. The SMILES string of the molecule is O=C(Nc1cccc(Cl)c1)C1C(c2cccc(Cl)c2F)CNC12CCCCC2.O=CNc1ccc(C(=O)O)cc1. The van der Waals surface area contributed by atoms with Gasteiger partial charge in [0.1, 0.15) is 5.82 Å². The van der Waals surface area contributed by atoms with Gasteiger partial charge in [0.15, 0.2) is 0 Å². The zero-order valence-electron chi connectivity index (χ0n) is 21.6. The third-order valence-electron chi connectivity index (χ3n) is 7.53. The van der Waals surface area contributed by atoms with E-state index in [1.807, 2.05) is 6.07 Å². The molecule has 2 unspecified atom stereocenters. The number of carboxylic acids is 1. The van der Waals surface area contributed by atoms with Crippen molar-refractivity contribution >= 4 is 52.9 Å². The average molecular weight is 586 g/mol. The highest BCUT2D eigenvalue weighted by atomic mass is 35.5. The number of halogens is 3. The Bertz CT molecular complexity index is 1360. The van der Waals surface area contributed by atoms with Gasteiger partial charge >= 0.3 is 5.97 Å². The van der Waals surface area contributed by atoms with Gasteiger partial charge in [-0.2, -0.15) is 0 Å². The van der Waals surface area contributed by atoms with E-state index in [1.54, 1.807) is 36.4 Å². The van der Waals surface area contributed by atoms with E-state index in [-0.39, 0.29) is 33.9 Å². The maximum atomic E-state index is 14.8. The summed E-state index contributed by atoms with van der Waals surface area (Å²) < 4.78 is 14.8. The molecule has 3 aromatic rings. The molecular formula is C30H30Cl2FN3O4. The normalized spacial score (nSPS) is 19.3. The molecule has 1 aliphatic heterocycles. The van der Waals surface area contributed by atoms with Gasteiger partial charge in [-0.25, -0.2) is 9.18 Å². The first-order chi connectivity index (χ1) is 19.2. The van der Waals surface area contributed by atoms with Crippen LogP contribution in [0.3, 0.4) is 0 Å². The number of carboxylic acid groups (broad SMARTS) is 1. The predicted octanol–water partition coefficient (Wildman–Crippen LogP) is 6.73. The highest BCUT2D eigenvalue weighted by Gasteiger charge is 2.53. The van der Waals surface area contributed by atoms with Crippen molar-refractivity contribution in [3.63, 3.8) is 0 Å². The summed E-state index contributed by atoms with van der Waals surface area (Å²) >= 11 is 12.1. The van der Waals surface area contributed by atoms with E-state index in [2.05, 4.69) is 16.0 Å². The molecule has 2 fully saturated rings. The van der Waals surface area contributed by atoms with Crippen molar-refractivity contribution in [3.8, 4) is 0 Å². The minimum atomic E-state index is -0.979. The quantitative estimate of drug-likeness (QED) is 0.240. The van der Waals surface area contributed by atoms with E-state index < -0.39 is 11.8 Å². The molecule has 210 valence electrons. The molecule has 0 bridgehead atoms. The maximum Gasteiger partial charge on any atom is 0.335 e. The number of amides is 2. The first kappa shape index (κ1) is 29.5. The Morgan fingerprint density at radius 2 is 1.68 bits per heavy atom. The Labute approximate surface area is 242 Å². The Morgan fingerprint density at radius 1 is 0.975 bits per heavy atom. The molecule has 1 saturated carbocycles. The molecule has 1 spiro atoms. The molecule has 0 aromatic heterocycles. The van der Waals surface area contributed by atoms with Crippen molar-refractivity contribution in [2.45, 2.75) is 43.6 Å². The van der Waals surface area contributed by atoms with Gasteiger partial charge < -0.3 is 21.1 Å². The van der Waals surface area contributed by atoms with Crippen molar-refractivity contribution in [1.82, 2.24) is 5.32 Å². The summed E-state index contributed by atoms with van der Waals surface area (Å²) in [6.07, 6.45) is 5.67. The van der Waals surface area contributed by atoms with Crippen LogP contribution < -0.4 is 16.0 Å². The van der Waals surface area contributed by atoms with E-state index in [0.29, 0.717) is 34.9 Å². The molecule has 5 rings (SSSR count). The zero-order chi connectivity index (χ0) is 28.7. The molecule has 10 heteroatoms. The van der Waals surface area contributed by atoms with Gasteiger partial charge in [0.05, 0.1) is 16.5 Å². The van der Waals surface area contributed by atoms with Gasteiger partial charge in [0, 0.05) is 34.4 Å². The van der Waals surface area contributed by atoms with Crippen LogP contribution in [0, 0.1) is 11.7 Å². The minimum absolute atomic E-state index is 0.0936. The first-order valence-electron chi connectivity index (χ1n) is 13.0. The number of aromatic carboxylic acids is 1. The van der Waals surface area contributed by atoms with Crippen molar-refractivity contribution < 1.29 is 23.9 Å². The Hall–Kier alpha value is -3.46. The van der Waals surface area contributed by atoms with E-state index in [1.165, 1.54) is 30.7 Å². The minimum Gasteiger partial charge on any atom is -0.478 e. The van der Waals surface area contributed by atoms with Crippen LogP contribution in [0.25, 0.3) is 0 Å². The van der Waals surface area contributed by atoms with Crippen molar-refractivity contribution in [3.05, 3.63) is 93.7 Å². The number of anilines is 2. The molecule has 1 aliphatic carbocycles. The van der Waals surface area contributed by atoms with E-state index >= 15 is 0 Å². The Kier molecular flexibility index (Phi) is 9.79. The lowest BCUT2D eigenvalue weighted by Crippen LogP contribution is -2.50. The third-order valence-corrected chi connectivity index (χ3v) is 8.06. The molecule has 40 heavy (non-hydrogen) atoms. The number of rotatable bonds is 6. The third kappa shape index (κ3) is 6.81. The zero-order valence-corrected chi connectivity index (χ0v) is 23.1. The molecule has 7 nitrogen and oxygen atoms in total. The fourth-order valence-corrected chi connectivity index (χ4v) is 6.06. The van der Waals surface area contributed by atoms with Crippen LogP contribution in [0.4, 0.5) is 15.8 Å². The summed E-state index contributed by atoms with van der Waals surface area (Å²) in [5.74, 6) is -2.15. The van der Waals surface area contributed by atoms with E-state index in [0.717, 1.165) is 25.7 Å². The maximum absolute atomic E-state index is 14.8. The standard InChI is InChI=1S/C22H23Cl2FN2O.C8H7NO3/c23-14-6-4-7-15(12-14)27-21(28)19-17(16-8-5-9-18(24)20(16)25)13-26-22(19)10-2-1-3-11-22;10-5-9-7-3-1-6(2-4-7)8(11)12/h4-9,12,17,19,26H,1-3,10-11,13H2,(H,27,28);1-5H,(H,9,10)(H,11,12). The number of carbonyl (C=O) groups excluding carboxylic acids is 2. The molecule has 1 saturated heterocycles. The van der Waals surface area contributed by atoms with Gasteiger partial charge in [0.2, 0.25) is 12.3 Å². The molecule has 2 amide bonds. The second kappa shape index (κ2) is 13.3. The van der Waals surface area contributed by atoms with Crippen LogP contribution in [-0.4, -0.2) is 35.5 Å². The van der Waals surface area contributed by atoms with E-state index in [9.17, 15) is 18.8 Å². The average Bonchev–Trinajstić information content (AvgIpc) is 3.29.